The van der Waals surface area contributed by atoms with Crippen molar-refractivity contribution in [3.8, 4) is 17.2 Å². The van der Waals surface area contributed by atoms with E-state index in [-0.39, 0.29) is 12.6 Å². The molecule has 2 aliphatic carbocycles. The van der Waals surface area contributed by atoms with Crippen molar-refractivity contribution in [2.45, 2.75) is 50.6 Å². The molecule has 7 nitrogen and oxygen atoms in total. The highest BCUT2D eigenvalue weighted by Crippen LogP contribution is 2.68. The zero-order valence-corrected chi connectivity index (χ0v) is 19.3. The van der Waals surface area contributed by atoms with Gasteiger partial charge in [0.1, 0.15) is 17.1 Å². The first-order chi connectivity index (χ1) is 15.7. The molecular formula is C26H30O7. The van der Waals surface area contributed by atoms with Crippen LogP contribution in [-0.4, -0.2) is 42.3 Å². The van der Waals surface area contributed by atoms with Gasteiger partial charge in [-0.25, -0.2) is 0 Å². The molecule has 1 saturated carbocycles. The number of allylic oxidation sites excluding steroid dienone is 3. The molecule has 5 atom stereocenters. The van der Waals surface area contributed by atoms with E-state index in [4.69, 9.17) is 23.7 Å². The quantitative estimate of drug-likeness (QED) is 0.629. The van der Waals surface area contributed by atoms with E-state index in [1.807, 2.05) is 6.07 Å². The van der Waals surface area contributed by atoms with Crippen LogP contribution in [0.25, 0.3) is 0 Å². The molecule has 33 heavy (non-hydrogen) atoms. The molecule has 1 saturated heterocycles. The van der Waals surface area contributed by atoms with Crippen molar-refractivity contribution in [3.63, 3.8) is 0 Å². The number of hydrogen-bond donors (Lipinski definition) is 1. The predicted molar refractivity (Wildman–Crippen MR) is 120 cm³/mol. The van der Waals surface area contributed by atoms with Crippen molar-refractivity contribution in [3.05, 3.63) is 54.8 Å². The first-order valence-electron chi connectivity index (χ1n) is 11.2. The van der Waals surface area contributed by atoms with Crippen LogP contribution in [0.4, 0.5) is 0 Å². The minimum Gasteiger partial charge on any atom is -0.496 e. The molecule has 2 bridgehead atoms. The minimum absolute atomic E-state index is 0.0370. The summed E-state index contributed by atoms with van der Waals surface area (Å²) in [5, 5.41) is 11.2. The first kappa shape index (κ1) is 22.0. The maximum Gasteiger partial charge on any atom is 0.248 e. The Morgan fingerprint density at radius 3 is 2.61 bits per heavy atom. The molecule has 1 aromatic carbocycles. The lowest BCUT2D eigenvalue weighted by Gasteiger charge is -2.46. The molecule has 176 valence electrons. The maximum absolute atomic E-state index is 13.7. The molecule has 5 rings (SSSR count). The number of ketones is 1. The van der Waals surface area contributed by atoms with Gasteiger partial charge in [-0.05, 0) is 39.2 Å². The molecule has 2 aliphatic heterocycles. The normalized spacial score (nSPS) is 33.9. The van der Waals surface area contributed by atoms with E-state index >= 15 is 0 Å². The summed E-state index contributed by atoms with van der Waals surface area (Å²) in [6.45, 7) is 11.2. The van der Waals surface area contributed by atoms with Crippen molar-refractivity contribution >= 4 is 5.78 Å². The van der Waals surface area contributed by atoms with Gasteiger partial charge in [0.25, 0.3) is 0 Å². The highest BCUT2D eigenvalue weighted by atomic mass is 16.7. The second-order valence-electron chi connectivity index (χ2n) is 9.80. The summed E-state index contributed by atoms with van der Waals surface area (Å²) in [7, 11) is 1.61. The number of carbonyl (C=O) groups excluding carboxylic acids is 1. The second kappa shape index (κ2) is 7.37. The molecule has 1 N–H and O–H groups in total. The lowest BCUT2D eigenvalue weighted by atomic mass is 9.59. The third-order valence-electron chi connectivity index (χ3n) is 7.66. The van der Waals surface area contributed by atoms with Crippen LogP contribution < -0.4 is 14.2 Å². The van der Waals surface area contributed by atoms with Crippen LogP contribution in [0.15, 0.2) is 49.3 Å². The lowest BCUT2D eigenvalue weighted by molar-refractivity contribution is -0.160. The van der Waals surface area contributed by atoms with Gasteiger partial charge in [0, 0.05) is 23.6 Å². The van der Waals surface area contributed by atoms with E-state index in [9.17, 15) is 9.90 Å². The number of fused-ring (bicyclic) bond motifs is 2. The maximum atomic E-state index is 13.7. The third kappa shape index (κ3) is 2.91. The molecule has 1 aromatic rings. The van der Waals surface area contributed by atoms with Crippen molar-refractivity contribution in [2.24, 2.45) is 17.3 Å². The summed E-state index contributed by atoms with van der Waals surface area (Å²) < 4.78 is 30.2. The molecule has 2 fully saturated rings. The Bertz CT molecular complexity index is 1050. The largest absolute Gasteiger partial charge is 0.496 e. The molecule has 0 radical (unpaired) electrons. The van der Waals surface area contributed by atoms with Gasteiger partial charge in [0.15, 0.2) is 24.1 Å². The predicted octanol–water partition coefficient (Wildman–Crippen LogP) is 3.70. The molecule has 7 heteroatoms. The monoisotopic (exact) mass is 454 g/mol. The number of methoxy groups -OCH3 is 1. The van der Waals surface area contributed by atoms with Crippen LogP contribution in [-0.2, 0) is 20.7 Å². The highest BCUT2D eigenvalue weighted by molar-refractivity contribution is 5.98. The van der Waals surface area contributed by atoms with E-state index in [1.54, 1.807) is 39.2 Å². The summed E-state index contributed by atoms with van der Waals surface area (Å²) in [5.41, 5.74) is -2.17. The standard InChI is InChI=1S/C26H30O7/c1-6-8-15-10-17-18(11-16(15)29-5)33-23(32-17)22-25(9-7-2)19(24(3,4)28)13-26(22)21(12-20(25)27)30-14-31-26/h6-7,10-12,19,22-23,28H,1-2,8-9,13-14H2,3-5H3/t19-,22?,23?,25-,26-/m1/s1. The van der Waals surface area contributed by atoms with E-state index in [2.05, 4.69) is 13.2 Å². The van der Waals surface area contributed by atoms with Crippen LogP contribution in [0, 0.1) is 17.3 Å². The molecule has 2 heterocycles. The van der Waals surface area contributed by atoms with Gasteiger partial charge in [0.05, 0.1) is 24.0 Å². The molecule has 2 unspecified atom stereocenters. The Balaban J connectivity index is 1.63. The number of hydrogen-bond acceptors (Lipinski definition) is 7. The number of ether oxygens (including phenoxy) is 5. The van der Waals surface area contributed by atoms with Crippen LogP contribution in [0.2, 0.25) is 0 Å². The highest BCUT2D eigenvalue weighted by Gasteiger charge is 2.76. The van der Waals surface area contributed by atoms with Crippen molar-refractivity contribution in [2.75, 3.05) is 13.9 Å². The molecule has 0 aromatic heterocycles. The summed E-state index contributed by atoms with van der Waals surface area (Å²) in [6, 6.07) is 3.69. The Hall–Kier alpha value is -2.77. The molecule has 4 aliphatic rings. The van der Waals surface area contributed by atoms with Crippen LogP contribution >= 0.6 is 0 Å². The minimum atomic E-state index is -1.15. The zero-order chi connectivity index (χ0) is 23.6. The smallest absolute Gasteiger partial charge is 0.248 e. The van der Waals surface area contributed by atoms with Gasteiger partial charge >= 0.3 is 0 Å². The Morgan fingerprint density at radius 2 is 1.97 bits per heavy atom. The number of carbonyl (C=O) groups is 1. The fourth-order valence-electron chi connectivity index (χ4n) is 6.42. The number of benzene rings is 1. The fourth-order valence-corrected chi connectivity index (χ4v) is 6.42. The Morgan fingerprint density at radius 1 is 1.24 bits per heavy atom. The Labute approximate surface area is 193 Å². The topological polar surface area (TPSA) is 83.5 Å². The average Bonchev–Trinajstić information content (AvgIpc) is 3.41. The van der Waals surface area contributed by atoms with E-state index in [0.29, 0.717) is 42.3 Å². The van der Waals surface area contributed by atoms with Crippen molar-refractivity contribution in [1.29, 1.82) is 0 Å². The van der Waals surface area contributed by atoms with Gasteiger partial charge in [-0.15, -0.1) is 13.2 Å². The summed E-state index contributed by atoms with van der Waals surface area (Å²) in [4.78, 5) is 13.7. The van der Waals surface area contributed by atoms with Crippen LogP contribution in [0.1, 0.15) is 32.3 Å². The lowest BCUT2D eigenvalue weighted by Crippen LogP contribution is -2.57. The van der Waals surface area contributed by atoms with E-state index < -0.39 is 34.7 Å². The van der Waals surface area contributed by atoms with Crippen LogP contribution in [0.5, 0.6) is 17.2 Å². The molecule has 1 spiro atoms. The zero-order valence-electron chi connectivity index (χ0n) is 19.3. The van der Waals surface area contributed by atoms with Gasteiger partial charge in [-0.1, -0.05) is 12.2 Å². The average molecular weight is 455 g/mol. The van der Waals surface area contributed by atoms with Gasteiger partial charge in [-0.3, -0.25) is 4.79 Å². The third-order valence-corrected chi connectivity index (χ3v) is 7.66. The van der Waals surface area contributed by atoms with E-state index in [1.165, 1.54) is 6.08 Å². The van der Waals surface area contributed by atoms with Crippen LogP contribution in [0.3, 0.4) is 0 Å². The first-order valence-corrected chi connectivity index (χ1v) is 11.2. The summed E-state index contributed by atoms with van der Waals surface area (Å²) >= 11 is 0. The molecular weight excluding hydrogens is 424 g/mol. The van der Waals surface area contributed by atoms with Gasteiger partial charge in [-0.2, -0.15) is 0 Å². The van der Waals surface area contributed by atoms with E-state index in [0.717, 1.165) is 5.56 Å². The van der Waals surface area contributed by atoms with Crippen molar-refractivity contribution in [1.82, 2.24) is 0 Å². The summed E-state index contributed by atoms with van der Waals surface area (Å²) in [6.07, 6.45) is 5.62. The summed E-state index contributed by atoms with van der Waals surface area (Å²) in [5.74, 6) is 1.18. The second-order valence-corrected chi connectivity index (χ2v) is 9.80. The Kier molecular flexibility index (Phi) is 4.92. The SMILES string of the molecule is C=CCc1cc2c(cc1OC)OC(C1[C@@]34C[C@H](C(C)(C)O)[C@]1(CC=C)C(=O)C=C3OCO4)O2. The van der Waals surface area contributed by atoms with Gasteiger partial charge < -0.3 is 28.8 Å². The number of aliphatic hydroxyl groups is 1. The van der Waals surface area contributed by atoms with Gasteiger partial charge in [0.2, 0.25) is 6.29 Å². The number of rotatable bonds is 7. The fraction of sp³-hybridized carbons (Fsp3) is 0.500. The molecule has 0 amide bonds. The van der Waals surface area contributed by atoms with Crippen molar-refractivity contribution < 1.29 is 33.6 Å².